The van der Waals surface area contributed by atoms with Crippen molar-refractivity contribution in [1.29, 1.82) is 0 Å². The second-order valence-corrected chi connectivity index (χ2v) is 3.84. The molecule has 0 spiro atoms. The van der Waals surface area contributed by atoms with Crippen LogP contribution in [0.5, 0.6) is 0 Å². The van der Waals surface area contributed by atoms with Crippen LogP contribution in [0.2, 0.25) is 0 Å². The van der Waals surface area contributed by atoms with E-state index in [0.717, 1.165) is 17.8 Å². The molecule has 0 aliphatic rings. The van der Waals surface area contributed by atoms with E-state index < -0.39 is 0 Å². The van der Waals surface area contributed by atoms with Crippen molar-refractivity contribution in [3.63, 3.8) is 0 Å². The number of hydrogen-bond acceptors (Lipinski definition) is 2. The van der Waals surface area contributed by atoms with Gasteiger partial charge in [-0.05, 0) is 30.7 Å². The maximum Gasteiger partial charge on any atom is 0.0662 e. The lowest BCUT2D eigenvalue weighted by molar-refractivity contribution is 0.665. The molecule has 86 valence electrons. The largest absolute Gasteiger partial charge is 0.320 e. The van der Waals surface area contributed by atoms with Gasteiger partial charge in [-0.3, -0.25) is 4.68 Å². The number of aryl methyl sites for hydroxylation is 1. The molecule has 0 aliphatic carbocycles. The summed E-state index contributed by atoms with van der Waals surface area (Å²) in [6.07, 6.45) is 1.81. The lowest BCUT2D eigenvalue weighted by Crippen LogP contribution is -2.03. The molecule has 0 saturated heterocycles. The van der Waals surface area contributed by atoms with Gasteiger partial charge >= 0.3 is 0 Å². The van der Waals surface area contributed by atoms with Gasteiger partial charge in [0.15, 0.2) is 0 Å². The third kappa shape index (κ3) is 2.96. The topological polar surface area (TPSA) is 43.8 Å². The van der Waals surface area contributed by atoms with E-state index in [0.29, 0.717) is 6.54 Å². The standard InChI is InChI=1S/C14H15N3/c1-12-7-9-16-17(12)11-14-5-2-4-13(10-14)6-3-8-15/h2,4-5,7,9-10H,8,11,15H2,1H3. The van der Waals surface area contributed by atoms with E-state index in [1.807, 2.05) is 36.0 Å². The van der Waals surface area contributed by atoms with Crippen LogP contribution in [0, 0.1) is 18.8 Å². The van der Waals surface area contributed by atoms with Crippen LogP contribution in [0.25, 0.3) is 0 Å². The Kier molecular flexibility index (Phi) is 3.59. The Bertz CT molecular complexity index is 558. The van der Waals surface area contributed by atoms with Crippen LogP contribution in [-0.4, -0.2) is 16.3 Å². The highest BCUT2D eigenvalue weighted by molar-refractivity contribution is 5.37. The number of aromatic nitrogens is 2. The molecular weight excluding hydrogens is 210 g/mol. The summed E-state index contributed by atoms with van der Waals surface area (Å²) in [6, 6.07) is 10.1. The maximum absolute atomic E-state index is 5.36. The van der Waals surface area contributed by atoms with Gasteiger partial charge in [0, 0.05) is 17.5 Å². The number of nitrogens with zero attached hydrogens (tertiary/aromatic N) is 2. The smallest absolute Gasteiger partial charge is 0.0662 e. The summed E-state index contributed by atoms with van der Waals surface area (Å²) in [4.78, 5) is 0. The first-order chi connectivity index (χ1) is 8.29. The Labute approximate surface area is 101 Å². The number of nitrogens with two attached hydrogens (primary N) is 1. The van der Waals surface area contributed by atoms with E-state index in [1.54, 1.807) is 0 Å². The summed E-state index contributed by atoms with van der Waals surface area (Å²) in [6.45, 7) is 3.21. The monoisotopic (exact) mass is 225 g/mol. The van der Waals surface area contributed by atoms with E-state index >= 15 is 0 Å². The molecule has 0 radical (unpaired) electrons. The number of hydrogen-bond donors (Lipinski definition) is 1. The van der Waals surface area contributed by atoms with Gasteiger partial charge in [-0.2, -0.15) is 5.10 Å². The number of benzene rings is 1. The van der Waals surface area contributed by atoms with E-state index in [4.69, 9.17) is 5.73 Å². The fourth-order valence-electron chi connectivity index (χ4n) is 1.64. The summed E-state index contributed by atoms with van der Waals surface area (Å²) in [7, 11) is 0. The molecule has 2 N–H and O–H groups in total. The second-order valence-electron chi connectivity index (χ2n) is 3.84. The molecule has 2 rings (SSSR count). The zero-order valence-electron chi connectivity index (χ0n) is 9.85. The molecule has 1 heterocycles. The Morgan fingerprint density at radius 1 is 1.35 bits per heavy atom. The van der Waals surface area contributed by atoms with Crippen molar-refractivity contribution in [3.05, 3.63) is 53.3 Å². The van der Waals surface area contributed by atoms with Crippen molar-refractivity contribution in [1.82, 2.24) is 9.78 Å². The van der Waals surface area contributed by atoms with Crippen LogP contribution in [0.3, 0.4) is 0 Å². The Hall–Kier alpha value is -2.05. The molecule has 0 atom stereocenters. The quantitative estimate of drug-likeness (QED) is 0.788. The SMILES string of the molecule is Cc1ccnn1Cc1cccc(C#CCN)c1. The third-order valence-corrected chi connectivity index (χ3v) is 2.52. The Balaban J connectivity index is 2.19. The fourth-order valence-corrected chi connectivity index (χ4v) is 1.64. The molecule has 3 heteroatoms. The second kappa shape index (κ2) is 5.33. The molecule has 0 bridgehead atoms. The molecule has 17 heavy (non-hydrogen) atoms. The molecule has 3 nitrogen and oxygen atoms in total. The maximum atomic E-state index is 5.36. The van der Waals surface area contributed by atoms with Gasteiger partial charge < -0.3 is 5.73 Å². The van der Waals surface area contributed by atoms with E-state index in [-0.39, 0.29) is 0 Å². The summed E-state index contributed by atoms with van der Waals surface area (Å²) in [5, 5.41) is 4.26. The zero-order chi connectivity index (χ0) is 12.1. The van der Waals surface area contributed by atoms with Crippen LogP contribution in [0.1, 0.15) is 16.8 Å². The molecule has 2 aromatic rings. The molecule has 0 saturated carbocycles. The highest BCUT2D eigenvalue weighted by Gasteiger charge is 1.99. The normalized spacial score (nSPS) is 9.76. The summed E-state index contributed by atoms with van der Waals surface area (Å²) in [5.74, 6) is 5.89. The van der Waals surface area contributed by atoms with Gasteiger partial charge in [0.05, 0.1) is 13.1 Å². The van der Waals surface area contributed by atoms with Crippen molar-refractivity contribution < 1.29 is 0 Å². The molecule has 1 aromatic heterocycles. The Morgan fingerprint density at radius 2 is 2.24 bits per heavy atom. The van der Waals surface area contributed by atoms with Crippen LogP contribution in [0.4, 0.5) is 0 Å². The first-order valence-corrected chi connectivity index (χ1v) is 5.56. The minimum absolute atomic E-state index is 0.391. The summed E-state index contributed by atoms with van der Waals surface area (Å²) in [5.41, 5.74) is 8.71. The Morgan fingerprint density at radius 3 is 2.94 bits per heavy atom. The van der Waals surface area contributed by atoms with Crippen molar-refractivity contribution >= 4 is 0 Å². The van der Waals surface area contributed by atoms with Gasteiger partial charge in [0.1, 0.15) is 0 Å². The van der Waals surface area contributed by atoms with Crippen molar-refractivity contribution in [3.8, 4) is 11.8 Å². The van der Waals surface area contributed by atoms with Crippen molar-refractivity contribution in [2.45, 2.75) is 13.5 Å². The van der Waals surface area contributed by atoms with Crippen LogP contribution in [0.15, 0.2) is 36.5 Å². The minimum Gasteiger partial charge on any atom is -0.320 e. The first-order valence-electron chi connectivity index (χ1n) is 5.56. The average molecular weight is 225 g/mol. The zero-order valence-corrected chi connectivity index (χ0v) is 9.85. The van der Waals surface area contributed by atoms with Gasteiger partial charge in [0.25, 0.3) is 0 Å². The summed E-state index contributed by atoms with van der Waals surface area (Å²) < 4.78 is 1.97. The predicted octanol–water partition coefficient (Wildman–Crippen LogP) is 1.55. The van der Waals surface area contributed by atoms with Crippen LogP contribution in [-0.2, 0) is 6.54 Å². The number of rotatable bonds is 2. The van der Waals surface area contributed by atoms with Gasteiger partial charge in [-0.25, -0.2) is 0 Å². The van der Waals surface area contributed by atoms with E-state index in [1.165, 1.54) is 5.56 Å². The van der Waals surface area contributed by atoms with Crippen molar-refractivity contribution in [2.75, 3.05) is 6.54 Å². The van der Waals surface area contributed by atoms with Crippen LogP contribution >= 0.6 is 0 Å². The van der Waals surface area contributed by atoms with Gasteiger partial charge in [-0.1, -0.05) is 24.0 Å². The molecule has 0 aliphatic heterocycles. The lowest BCUT2D eigenvalue weighted by Gasteiger charge is -2.04. The van der Waals surface area contributed by atoms with Crippen LogP contribution < -0.4 is 5.73 Å². The minimum atomic E-state index is 0.391. The summed E-state index contributed by atoms with van der Waals surface area (Å²) >= 11 is 0. The molecule has 1 aromatic carbocycles. The molecule has 0 fully saturated rings. The fraction of sp³-hybridized carbons (Fsp3) is 0.214. The van der Waals surface area contributed by atoms with Gasteiger partial charge in [0.2, 0.25) is 0 Å². The highest BCUT2D eigenvalue weighted by Crippen LogP contribution is 2.07. The van der Waals surface area contributed by atoms with Gasteiger partial charge in [-0.15, -0.1) is 0 Å². The van der Waals surface area contributed by atoms with Crippen molar-refractivity contribution in [2.24, 2.45) is 5.73 Å². The molecule has 0 unspecified atom stereocenters. The predicted molar refractivity (Wildman–Crippen MR) is 68.4 cm³/mol. The third-order valence-electron chi connectivity index (χ3n) is 2.52. The molecular formula is C14H15N3. The molecule has 0 amide bonds. The van der Waals surface area contributed by atoms with E-state index in [9.17, 15) is 0 Å². The first kappa shape index (κ1) is 11.4. The average Bonchev–Trinajstić information content (AvgIpc) is 2.73. The highest BCUT2D eigenvalue weighted by atomic mass is 15.3. The lowest BCUT2D eigenvalue weighted by atomic mass is 10.1. The van der Waals surface area contributed by atoms with E-state index in [2.05, 4.69) is 29.1 Å².